The molecule has 2 aromatic carbocycles. The molecule has 174 valence electrons. The van der Waals surface area contributed by atoms with E-state index in [0.29, 0.717) is 18.4 Å². The number of fused-ring (bicyclic) bond motifs is 1. The molecule has 2 heterocycles. The summed E-state index contributed by atoms with van der Waals surface area (Å²) in [5.74, 6) is 0.134. The Morgan fingerprint density at radius 1 is 1.00 bits per heavy atom. The van der Waals surface area contributed by atoms with E-state index >= 15 is 0 Å². The van der Waals surface area contributed by atoms with Gasteiger partial charge in [-0.25, -0.2) is 4.39 Å². The average Bonchev–Trinajstić information content (AvgIpc) is 3.28. The van der Waals surface area contributed by atoms with E-state index in [-0.39, 0.29) is 5.82 Å². The van der Waals surface area contributed by atoms with E-state index in [1.54, 1.807) is 12.1 Å². The van der Waals surface area contributed by atoms with Crippen molar-refractivity contribution in [1.82, 2.24) is 10.2 Å². The normalized spacial score (nSPS) is 18.9. The highest BCUT2D eigenvalue weighted by Crippen LogP contribution is 2.33. The van der Waals surface area contributed by atoms with Gasteiger partial charge in [0, 0.05) is 50.9 Å². The van der Waals surface area contributed by atoms with Gasteiger partial charge in [0.05, 0.1) is 0 Å². The van der Waals surface area contributed by atoms with Crippen LogP contribution in [-0.2, 0) is 11.2 Å². The number of likely N-dealkylation sites (tertiary alicyclic amines) is 1. The monoisotopic (exact) mass is 447 g/mol. The van der Waals surface area contributed by atoms with Crippen LogP contribution in [0.4, 0.5) is 10.1 Å². The number of rotatable bonds is 6. The minimum Gasteiger partial charge on any atom is -0.371 e. The van der Waals surface area contributed by atoms with Gasteiger partial charge in [-0.2, -0.15) is 0 Å². The second-order valence-corrected chi connectivity index (χ2v) is 9.65. The molecule has 4 nitrogen and oxygen atoms in total. The Morgan fingerprint density at radius 2 is 1.82 bits per heavy atom. The van der Waals surface area contributed by atoms with E-state index in [1.165, 1.54) is 28.8 Å². The number of anilines is 1. The maximum absolute atomic E-state index is 13.6. The molecule has 0 spiro atoms. The van der Waals surface area contributed by atoms with Crippen molar-refractivity contribution >= 4 is 23.2 Å². The van der Waals surface area contributed by atoms with Crippen molar-refractivity contribution < 1.29 is 9.18 Å². The molecule has 0 aromatic heterocycles. The lowest BCUT2D eigenvalue weighted by Gasteiger charge is -2.34. The molecule has 0 bridgehead atoms. The molecule has 3 aliphatic rings. The molecule has 1 N–H and O–H groups in total. The Morgan fingerprint density at radius 3 is 2.64 bits per heavy atom. The summed E-state index contributed by atoms with van der Waals surface area (Å²) in [6, 6.07) is 14.3. The standard InChI is InChI=1S/C28H34FN3O/c29-25-8-7-22-17-23(18-24(22)19-25)21-5-4-6-27(20-21)31-15-10-26(11-16-31)30-12-9-28(33)32-13-2-1-3-14-32/h4-8,18-20,26,30H,1-3,9-17H2. The lowest BCUT2D eigenvalue weighted by molar-refractivity contribution is -0.132. The Hall–Kier alpha value is -2.66. The molecule has 0 atom stereocenters. The predicted octanol–water partition coefficient (Wildman–Crippen LogP) is 4.88. The van der Waals surface area contributed by atoms with Crippen molar-refractivity contribution in [3.63, 3.8) is 0 Å². The summed E-state index contributed by atoms with van der Waals surface area (Å²) in [5.41, 5.74) is 5.94. The SMILES string of the molecule is O=C(CCNC1CCN(c2cccc(C3=Cc4cc(F)ccc4C3)c2)CC1)N1CCCCC1. The highest BCUT2D eigenvalue weighted by atomic mass is 19.1. The number of piperidine rings is 2. The van der Waals surface area contributed by atoms with E-state index in [1.807, 2.05) is 11.0 Å². The number of hydrogen-bond acceptors (Lipinski definition) is 3. The molecule has 2 saturated heterocycles. The van der Waals surface area contributed by atoms with Crippen LogP contribution < -0.4 is 10.2 Å². The molecule has 1 aliphatic carbocycles. The molecule has 5 rings (SSSR count). The number of nitrogens with zero attached hydrogens (tertiary/aromatic N) is 2. The Labute approximate surface area is 196 Å². The largest absolute Gasteiger partial charge is 0.371 e. The van der Waals surface area contributed by atoms with E-state index < -0.39 is 0 Å². The minimum absolute atomic E-state index is 0.174. The van der Waals surface area contributed by atoms with Gasteiger partial charge >= 0.3 is 0 Å². The fourth-order valence-electron chi connectivity index (χ4n) is 5.42. The molecule has 33 heavy (non-hydrogen) atoms. The highest BCUT2D eigenvalue weighted by Gasteiger charge is 2.21. The van der Waals surface area contributed by atoms with E-state index in [9.17, 15) is 9.18 Å². The Kier molecular flexibility index (Phi) is 6.77. The molecule has 1 amide bonds. The van der Waals surface area contributed by atoms with Crippen LogP contribution in [0, 0.1) is 5.82 Å². The molecule has 0 saturated carbocycles. The van der Waals surface area contributed by atoms with Crippen molar-refractivity contribution in [3.8, 4) is 0 Å². The highest BCUT2D eigenvalue weighted by molar-refractivity contribution is 5.89. The number of carbonyl (C=O) groups excluding carboxylic acids is 1. The van der Waals surface area contributed by atoms with Crippen LogP contribution in [0.2, 0.25) is 0 Å². The predicted molar refractivity (Wildman–Crippen MR) is 133 cm³/mol. The third kappa shape index (κ3) is 5.30. The summed E-state index contributed by atoms with van der Waals surface area (Å²) in [6.45, 7) is 4.70. The molecular formula is C28H34FN3O. The molecule has 5 heteroatoms. The number of halogens is 1. The lowest BCUT2D eigenvalue weighted by atomic mass is 10.0. The minimum atomic E-state index is -0.174. The number of nitrogens with one attached hydrogen (secondary N) is 1. The summed E-state index contributed by atoms with van der Waals surface area (Å²) in [4.78, 5) is 16.9. The van der Waals surface area contributed by atoms with Crippen LogP contribution in [0.1, 0.15) is 55.2 Å². The van der Waals surface area contributed by atoms with E-state index in [0.717, 1.165) is 70.4 Å². The molecule has 2 aliphatic heterocycles. The van der Waals surface area contributed by atoms with Crippen LogP contribution in [-0.4, -0.2) is 49.6 Å². The van der Waals surface area contributed by atoms with Crippen molar-refractivity contribution in [2.75, 3.05) is 37.6 Å². The number of carbonyl (C=O) groups is 1. The number of benzene rings is 2. The summed E-state index contributed by atoms with van der Waals surface area (Å²) in [5, 5.41) is 3.62. The van der Waals surface area contributed by atoms with Gasteiger partial charge in [-0.15, -0.1) is 0 Å². The van der Waals surface area contributed by atoms with Gasteiger partial charge in [0.15, 0.2) is 0 Å². The Balaban J connectivity index is 1.11. The molecule has 2 aromatic rings. The quantitative estimate of drug-likeness (QED) is 0.685. The van der Waals surface area contributed by atoms with Gasteiger partial charge in [0.2, 0.25) is 5.91 Å². The smallest absolute Gasteiger partial charge is 0.223 e. The Bertz CT molecular complexity index is 1020. The first-order valence-corrected chi connectivity index (χ1v) is 12.5. The molecule has 0 radical (unpaired) electrons. The third-order valence-corrected chi connectivity index (χ3v) is 7.38. The van der Waals surface area contributed by atoms with Gasteiger partial charge in [0.25, 0.3) is 0 Å². The topological polar surface area (TPSA) is 35.6 Å². The molecule has 0 unspecified atom stereocenters. The van der Waals surface area contributed by atoms with Crippen molar-refractivity contribution in [2.45, 2.75) is 51.0 Å². The third-order valence-electron chi connectivity index (χ3n) is 7.38. The number of hydrogen-bond donors (Lipinski definition) is 1. The summed E-state index contributed by atoms with van der Waals surface area (Å²) in [6.07, 6.45) is 9.35. The van der Waals surface area contributed by atoms with Gasteiger partial charge in [0.1, 0.15) is 5.82 Å². The second kappa shape index (κ2) is 10.1. The summed E-state index contributed by atoms with van der Waals surface area (Å²) < 4.78 is 13.6. The van der Waals surface area contributed by atoms with Gasteiger partial charge < -0.3 is 15.1 Å². The van der Waals surface area contributed by atoms with Crippen molar-refractivity contribution in [3.05, 3.63) is 65.0 Å². The van der Waals surface area contributed by atoms with Gasteiger partial charge in [-0.05, 0) is 85.1 Å². The first-order valence-electron chi connectivity index (χ1n) is 12.5. The number of allylic oxidation sites excluding steroid dienone is 1. The first kappa shape index (κ1) is 22.1. The number of amides is 1. The average molecular weight is 448 g/mol. The van der Waals surface area contributed by atoms with Crippen LogP contribution >= 0.6 is 0 Å². The second-order valence-electron chi connectivity index (χ2n) is 9.65. The maximum Gasteiger partial charge on any atom is 0.223 e. The van der Waals surface area contributed by atoms with Crippen molar-refractivity contribution in [1.29, 1.82) is 0 Å². The van der Waals surface area contributed by atoms with Gasteiger partial charge in [-0.1, -0.05) is 24.3 Å². The first-order chi connectivity index (χ1) is 16.2. The summed E-state index contributed by atoms with van der Waals surface area (Å²) in [7, 11) is 0. The van der Waals surface area contributed by atoms with Crippen molar-refractivity contribution in [2.24, 2.45) is 0 Å². The van der Waals surface area contributed by atoms with Gasteiger partial charge in [-0.3, -0.25) is 4.79 Å². The van der Waals surface area contributed by atoms with Crippen LogP contribution in [0.5, 0.6) is 0 Å². The van der Waals surface area contributed by atoms with Crippen LogP contribution in [0.3, 0.4) is 0 Å². The lowest BCUT2D eigenvalue weighted by Crippen LogP contribution is -2.44. The fraction of sp³-hybridized carbons (Fsp3) is 0.464. The van der Waals surface area contributed by atoms with Crippen LogP contribution in [0.25, 0.3) is 11.6 Å². The summed E-state index contributed by atoms with van der Waals surface area (Å²) >= 11 is 0. The maximum atomic E-state index is 13.6. The van der Waals surface area contributed by atoms with E-state index in [2.05, 4.69) is 40.6 Å². The van der Waals surface area contributed by atoms with Crippen LogP contribution in [0.15, 0.2) is 42.5 Å². The molecule has 2 fully saturated rings. The molecular weight excluding hydrogens is 413 g/mol. The van der Waals surface area contributed by atoms with E-state index in [4.69, 9.17) is 0 Å². The zero-order valence-electron chi connectivity index (χ0n) is 19.4. The fourth-order valence-corrected chi connectivity index (χ4v) is 5.42. The zero-order chi connectivity index (χ0) is 22.6. The zero-order valence-corrected chi connectivity index (χ0v) is 19.4.